The Morgan fingerprint density at radius 1 is 1.29 bits per heavy atom. The fourth-order valence-corrected chi connectivity index (χ4v) is 0.224. The molecule has 0 bridgehead atoms. The molecule has 0 spiro atoms. The molecule has 5 heteroatoms. The summed E-state index contributed by atoms with van der Waals surface area (Å²) in [5.74, 6) is 0. The zero-order valence-electron chi connectivity index (χ0n) is 4.08. The molecule has 0 fully saturated rings. The van der Waals surface area contributed by atoms with Gasteiger partial charge in [-0.2, -0.15) is 0 Å². The normalized spacial score (nSPS) is 11.9. The van der Waals surface area contributed by atoms with Gasteiger partial charge in [-0.25, -0.2) is 4.57 Å². The van der Waals surface area contributed by atoms with Gasteiger partial charge in [-0.3, -0.25) is 9.05 Å². The Balaban J connectivity index is 3.61. The van der Waals surface area contributed by atoms with E-state index in [4.69, 9.17) is 0 Å². The summed E-state index contributed by atoms with van der Waals surface area (Å²) < 4.78 is 17.7. The topological polar surface area (TPSA) is 55.4 Å². The predicted molar refractivity (Wildman–Crippen MR) is 22.3 cm³/mol. The summed E-state index contributed by atoms with van der Waals surface area (Å²) >= 11 is 0. The van der Waals surface area contributed by atoms with Crippen molar-refractivity contribution in [1.82, 2.24) is 0 Å². The van der Waals surface area contributed by atoms with Gasteiger partial charge < -0.3 is 0 Å². The molecule has 0 aromatic heterocycles. The van der Waals surface area contributed by atoms with Crippen LogP contribution in [0.3, 0.4) is 0 Å². The lowest BCUT2D eigenvalue weighted by molar-refractivity contribution is 0.176. The van der Waals surface area contributed by atoms with Gasteiger partial charge in [0.1, 0.15) is 0 Å². The number of hydrogen-bond donors (Lipinski definition) is 0. The first kappa shape index (κ1) is 7.11. The van der Waals surface area contributed by atoms with E-state index in [1.807, 2.05) is 0 Å². The van der Waals surface area contributed by atoms with E-state index in [1.54, 1.807) is 0 Å². The van der Waals surface area contributed by atoms with Crippen molar-refractivity contribution >= 4 is 7.82 Å². The monoisotopic (exact) mass is 125 g/mol. The molecular formula is C2H6O4P. The summed E-state index contributed by atoms with van der Waals surface area (Å²) in [6.07, 6.45) is 0. The Bertz CT molecular complexity index is 81.7. The Hall–Kier alpha value is 0.110. The molecule has 0 aromatic rings. The smallest absolute Gasteiger partial charge is 0.289 e. The molecule has 1 radical (unpaired) electrons. The van der Waals surface area contributed by atoms with Crippen molar-refractivity contribution in [3.05, 3.63) is 0 Å². The summed E-state index contributed by atoms with van der Waals surface area (Å²) in [4.78, 5) is 9.95. The molecule has 0 heterocycles. The van der Waals surface area contributed by atoms with Crippen molar-refractivity contribution < 1.29 is 18.5 Å². The summed E-state index contributed by atoms with van der Waals surface area (Å²) in [6.45, 7) is 0. The Morgan fingerprint density at radius 2 is 1.57 bits per heavy atom. The van der Waals surface area contributed by atoms with Crippen LogP contribution in [0.4, 0.5) is 0 Å². The van der Waals surface area contributed by atoms with E-state index in [1.165, 1.54) is 0 Å². The standard InChI is InChI=1S/C2H6O4P/c1-5-7(3,4)6-2/h1-2H3. The minimum atomic E-state index is -3.90. The van der Waals surface area contributed by atoms with Crippen LogP contribution < -0.4 is 0 Å². The maximum Gasteiger partial charge on any atom is 0.502 e. The van der Waals surface area contributed by atoms with E-state index in [9.17, 15) is 9.46 Å². The molecule has 0 saturated heterocycles. The van der Waals surface area contributed by atoms with Gasteiger partial charge in [-0.1, -0.05) is 0 Å². The third-order valence-electron chi connectivity index (χ3n) is 0.447. The van der Waals surface area contributed by atoms with Crippen LogP contribution in [-0.4, -0.2) is 14.2 Å². The third kappa shape index (κ3) is 2.76. The lowest BCUT2D eigenvalue weighted by atomic mass is 11.8. The zero-order chi connectivity index (χ0) is 5.91. The van der Waals surface area contributed by atoms with Crippen molar-refractivity contribution in [3.63, 3.8) is 0 Å². The quantitative estimate of drug-likeness (QED) is 0.513. The SMILES string of the molecule is COP([O])(=O)OC. The van der Waals surface area contributed by atoms with E-state index in [-0.39, 0.29) is 0 Å². The van der Waals surface area contributed by atoms with Crippen LogP contribution in [0.5, 0.6) is 0 Å². The predicted octanol–water partition coefficient (Wildman–Crippen LogP) is 0.818. The lowest BCUT2D eigenvalue weighted by Crippen LogP contribution is -1.81. The molecule has 0 atom stereocenters. The second-order valence-corrected chi connectivity index (χ2v) is 2.44. The third-order valence-corrected chi connectivity index (χ3v) is 1.34. The van der Waals surface area contributed by atoms with Gasteiger partial charge in [0.15, 0.2) is 0 Å². The highest BCUT2D eigenvalue weighted by atomic mass is 31.2. The van der Waals surface area contributed by atoms with Crippen molar-refractivity contribution in [2.24, 2.45) is 0 Å². The van der Waals surface area contributed by atoms with E-state index in [2.05, 4.69) is 9.05 Å². The van der Waals surface area contributed by atoms with Crippen molar-refractivity contribution in [2.45, 2.75) is 0 Å². The average molecular weight is 125 g/mol. The van der Waals surface area contributed by atoms with E-state index < -0.39 is 7.82 Å². The first-order valence-corrected chi connectivity index (χ1v) is 3.01. The van der Waals surface area contributed by atoms with Crippen molar-refractivity contribution in [2.75, 3.05) is 14.2 Å². The van der Waals surface area contributed by atoms with Crippen LogP contribution in [0.2, 0.25) is 0 Å². The van der Waals surface area contributed by atoms with Crippen LogP contribution in [0.1, 0.15) is 0 Å². The van der Waals surface area contributed by atoms with Gasteiger partial charge in [0.05, 0.1) is 0 Å². The summed E-state index contributed by atoms with van der Waals surface area (Å²) in [6, 6.07) is 0. The molecule has 4 nitrogen and oxygen atoms in total. The molecule has 0 amide bonds. The molecule has 0 aliphatic heterocycles. The van der Waals surface area contributed by atoms with E-state index in [0.717, 1.165) is 14.2 Å². The fraction of sp³-hybridized carbons (Fsp3) is 1.00. The maximum atomic E-state index is 9.95. The Morgan fingerprint density at radius 3 is 1.57 bits per heavy atom. The van der Waals surface area contributed by atoms with Gasteiger partial charge >= 0.3 is 7.82 Å². The number of rotatable bonds is 2. The van der Waals surface area contributed by atoms with Gasteiger partial charge in [0.25, 0.3) is 0 Å². The van der Waals surface area contributed by atoms with Gasteiger partial charge in [-0.15, -0.1) is 4.89 Å². The maximum absolute atomic E-state index is 9.95. The van der Waals surface area contributed by atoms with Gasteiger partial charge in [0, 0.05) is 14.2 Å². The van der Waals surface area contributed by atoms with Crippen LogP contribution >= 0.6 is 7.82 Å². The molecule has 7 heavy (non-hydrogen) atoms. The molecule has 0 aromatic carbocycles. The molecule has 0 N–H and O–H groups in total. The van der Waals surface area contributed by atoms with Gasteiger partial charge in [-0.05, 0) is 0 Å². The zero-order valence-corrected chi connectivity index (χ0v) is 4.97. The van der Waals surface area contributed by atoms with Gasteiger partial charge in [0.2, 0.25) is 0 Å². The Kier molecular flexibility index (Phi) is 2.46. The highest BCUT2D eigenvalue weighted by molar-refractivity contribution is 7.47. The Labute approximate surface area is 41.7 Å². The molecule has 0 aliphatic carbocycles. The first-order valence-electron chi connectivity index (χ1n) is 1.55. The molecule has 0 rings (SSSR count). The minimum absolute atomic E-state index is 1.04. The highest BCUT2D eigenvalue weighted by Crippen LogP contribution is 2.41. The van der Waals surface area contributed by atoms with Crippen LogP contribution in [0.15, 0.2) is 0 Å². The average Bonchev–Trinajstić information content (AvgIpc) is 1.68. The molecule has 0 aliphatic rings. The molecule has 0 saturated carbocycles. The summed E-state index contributed by atoms with van der Waals surface area (Å²) in [5.41, 5.74) is 0. The minimum Gasteiger partial charge on any atom is -0.289 e. The fourth-order valence-electron chi connectivity index (χ4n) is 0.0745. The van der Waals surface area contributed by atoms with Crippen LogP contribution in [0.25, 0.3) is 0 Å². The molecular weight excluding hydrogens is 119 g/mol. The van der Waals surface area contributed by atoms with Crippen molar-refractivity contribution in [3.8, 4) is 0 Å². The van der Waals surface area contributed by atoms with Crippen molar-refractivity contribution in [1.29, 1.82) is 0 Å². The second kappa shape index (κ2) is 2.43. The summed E-state index contributed by atoms with van der Waals surface area (Å²) in [7, 11) is -1.83. The second-order valence-electron chi connectivity index (χ2n) is 0.812. The first-order chi connectivity index (χ1) is 3.12. The van der Waals surface area contributed by atoms with E-state index in [0.29, 0.717) is 0 Å². The molecule has 43 valence electrons. The largest absolute Gasteiger partial charge is 0.502 e. The van der Waals surface area contributed by atoms with E-state index >= 15 is 0 Å². The lowest BCUT2D eigenvalue weighted by Gasteiger charge is -1.98. The van der Waals surface area contributed by atoms with Crippen LogP contribution in [-0.2, 0) is 18.5 Å². The highest BCUT2D eigenvalue weighted by Gasteiger charge is 2.16. The van der Waals surface area contributed by atoms with Crippen LogP contribution in [0, 0.1) is 0 Å². The summed E-state index contributed by atoms with van der Waals surface area (Å²) in [5, 5.41) is 0. The molecule has 0 unspecified atom stereocenters. The number of hydrogen-bond acceptors (Lipinski definition) is 3.